The molecule has 0 spiro atoms. The molecule has 0 saturated carbocycles. The maximum absolute atomic E-state index is 12.9. The van der Waals surface area contributed by atoms with Gasteiger partial charge in [0.05, 0.1) is 36.8 Å². The van der Waals surface area contributed by atoms with Crippen LogP contribution in [0.2, 0.25) is 0 Å². The van der Waals surface area contributed by atoms with Crippen molar-refractivity contribution in [3.8, 4) is 11.5 Å². The van der Waals surface area contributed by atoms with Crippen LogP contribution < -0.4 is 19.1 Å². The summed E-state index contributed by atoms with van der Waals surface area (Å²) in [6.45, 7) is 3.07. The van der Waals surface area contributed by atoms with Crippen molar-refractivity contribution in [3.05, 3.63) is 52.1 Å². The second-order valence-corrected chi connectivity index (χ2v) is 8.38. The quantitative estimate of drug-likeness (QED) is 0.497. The van der Waals surface area contributed by atoms with Crippen molar-refractivity contribution in [3.63, 3.8) is 0 Å². The van der Waals surface area contributed by atoms with Crippen molar-refractivity contribution >= 4 is 33.0 Å². The van der Waals surface area contributed by atoms with Gasteiger partial charge in [0.15, 0.2) is 0 Å². The molecule has 0 bridgehead atoms. The maximum atomic E-state index is 12.9. The summed E-state index contributed by atoms with van der Waals surface area (Å²) in [4.78, 5) is 23.3. The lowest BCUT2D eigenvalue weighted by Gasteiger charge is -2.29. The smallest absolute Gasteiger partial charge is 0.271 e. The molecular weight excluding hydrogens is 414 g/mol. The summed E-state index contributed by atoms with van der Waals surface area (Å²) in [6.07, 6.45) is 0.967. The van der Waals surface area contributed by atoms with Crippen LogP contribution in [0.5, 0.6) is 11.5 Å². The Morgan fingerprint density at radius 2 is 1.83 bits per heavy atom. The van der Waals surface area contributed by atoms with E-state index < -0.39 is 26.9 Å². The molecule has 10 nitrogen and oxygen atoms in total. The fourth-order valence-corrected chi connectivity index (χ4v) is 4.02. The first-order valence-electron chi connectivity index (χ1n) is 8.77. The molecule has 0 fully saturated rings. The van der Waals surface area contributed by atoms with Gasteiger partial charge in [-0.1, -0.05) is 6.07 Å². The molecule has 0 radical (unpaired) electrons. The lowest BCUT2D eigenvalue weighted by molar-refractivity contribution is -0.384. The predicted molar refractivity (Wildman–Crippen MR) is 113 cm³/mol. The molecule has 2 rings (SSSR count). The van der Waals surface area contributed by atoms with Gasteiger partial charge >= 0.3 is 0 Å². The van der Waals surface area contributed by atoms with E-state index in [1.807, 2.05) is 0 Å². The van der Waals surface area contributed by atoms with Gasteiger partial charge in [0.2, 0.25) is 15.9 Å². The SMILES string of the molecule is COc1ccc(OC)c(N(C(C)C(=O)Nc2cc([N+](=O)[O-])ccc2C)S(C)(=O)=O)c1. The molecule has 0 heterocycles. The topological polar surface area (TPSA) is 128 Å². The molecule has 0 aliphatic heterocycles. The number of non-ortho nitro benzene ring substituents is 1. The molecule has 162 valence electrons. The highest BCUT2D eigenvalue weighted by molar-refractivity contribution is 7.92. The fourth-order valence-electron chi connectivity index (χ4n) is 2.85. The molecule has 1 amide bonds. The van der Waals surface area contributed by atoms with Gasteiger partial charge in [0.1, 0.15) is 17.5 Å². The van der Waals surface area contributed by atoms with Crippen LogP contribution in [0.1, 0.15) is 12.5 Å². The summed E-state index contributed by atoms with van der Waals surface area (Å²) in [5.74, 6) is -0.0668. The number of nitrogens with zero attached hydrogens (tertiary/aromatic N) is 2. The Bertz CT molecular complexity index is 1070. The number of anilines is 2. The molecule has 1 N–H and O–H groups in total. The first-order chi connectivity index (χ1) is 14.0. The molecule has 0 aliphatic carbocycles. The van der Waals surface area contributed by atoms with Crippen molar-refractivity contribution < 1.29 is 27.6 Å². The lowest BCUT2D eigenvalue weighted by atomic mass is 10.1. The second-order valence-electron chi connectivity index (χ2n) is 6.52. The van der Waals surface area contributed by atoms with Crippen molar-refractivity contribution in [2.75, 3.05) is 30.1 Å². The van der Waals surface area contributed by atoms with Crippen LogP contribution in [0.15, 0.2) is 36.4 Å². The van der Waals surface area contributed by atoms with E-state index in [1.54, 1.807) is 13.0 Å². The van der Waals surface area contributed by atoms with Gasteiger partial charge in [-0.2, -0.15) is 0 Å². The van der Waals surface area contributed by atoms with E-state index in [-0.39, 0.29) is 22.8 Å². The second kappa shape index (κ2) is 8.99. The van der Waals surface area contributed by atoms with Crippen LogP contribution in [-0.2, 0) is 14.8 Å². The monoisotopic (exact) mass is 437 g/mol. The number of rotatable bonds is 8. The van der Waals surface area contributed by atoms with Crippen molar-refractivity contribution in [2.24, 2.45) is 0 Å². The number of hydrogen-bond acceptors (Lipinski definition) is 7. The van der Waals surface area contributed by atoms with Crippen LogP contribution in [0.25, 0.3) is 0 Å². The van der Waals surface area contributed by atoms with Gasteiger partial charge < -0.3 is 14.8 Å². The van der Waals surface area contributed by atoms with Crippen molar-refractivity contribution in [1.82, 2.24) is 0 Å². The Balaban J connectivity index is 2.47. The summed E-state index contributed by atoms with van der Waals surface area (Å²) < 4.78 is 36.5. The fraction of sp³-hybridized carbons (Fsp3) is 0.316. The van der Waals surface area contributed by atoms with E-state index in [0.29, 0.717) is 11.3 Å². The molecule has 2 aromatic rings. The number of aryl methyl sites for hydroxylation is 1. The number of benzene rings is 2. The third-order valence-corrected chi connectivity index (χ3v) is 5.63. The Kier molecular flexibility index (Phi) is 6.88. The number of methoxy groups -OCH3 is 2. The summed E-state index contributed by atoms with van der Waals surface area (Å²) in [6, 6.07) is 7.41. The average molecular weight is 437 g/mol. The Morgan fingerprint density at radius 3 is 2.37 bits per heavy atom. The zero-order chi connectivity index (χ0) is 22.6. The summed E-state index contributed by atoms with van der Waals surface area (Å²) in [7, 11) is -1.11. The molecule has 0 aliphatic rings. The molecule has 1 unspecified atom stereocenters. The van der Waals surface area contributed by atoms with Gasteiger partial charge in [0, 0.05) is 18.2 Å². The summed E-state index contributed by atoms with van der Waals surface area (Å²) in [5.41, 5.74) is 0.730. The van der Waals surface area contributed by atoms with E-state index in [2.05, 4.69) is 5.32 Å². The zero-order valence-electron chi connectivity index (χ0n) is 17.2. The molecular formula is C19H23N3O7S. The number of carbonyl (C=O) groups excluding carboxylic acids is 1. The maximum Gasteiger partial charge on any atom is 0.271 e. The van der Waals surface area contributed by atoms with E-state index in [4.69, 9.17) is 9.47 Å². The minimum absolute atomic E-state index is 0.123. The van der Waals surface area contributed by atoms with Crippen LogP contribution in [-0.4, -0.2) is 45.8 Å². The minimum Gasteiger partial charge on any atom is -0.497 e. The molecule has 1 atom stereocenters. The predicted octanol–water partition coefficient (Wildman–Crippen LogP) is 2.71. The Hall–Kier alpha value is -3.34. The lowest BCUT2D eigenvalue weighted by Crippen LogP contribution is -2.45. The average Bonchev–Trinajstić information content (AvgIpc) is 2.68. The molecule has 11 heteroatoms. The van der Waals surface area contributed by atoms with Gasteiger partial charge in [-0.3, -0.25) is 19.2 Å². The Morgan fingerprint density at radius 1 is 1.17 bits per heavy atom. The largest absolute Gasteiger partial charge is 0.497 e. The molecule has 0 saturated heterocycles. The van der Waals surface area contributed by atoms with E-state index in [9.17, 15) is 23.3 Å². The third-order valence-electron chi connectivity index (χ3n) is 4.40. The van der Waals surface area contributed by atoms with Crippen LogP contribution in [0, 0.1) is 17.0 Å². The number of nitrogens with one attached hydrogen (secondary N) is 1. The van der Waals surface area contributed by atoms with Crippen LogP contribution in [0.4, 0.5) is 17.1 Å². The number of sulfonamides is 1. The van der Waals surface area contributed by atoms with Gasteiger partial charge in [-0.05, 0) is 31.5 Å². The number of carbonyl (C=O) groups is 1. The normalized spacial score (nSPS) is 12.0. The number of amides is 1. The summed E-state index contributed by atoms with van der Waals surface area (Å²) >= 11 is 0. The van der Waals surface area contributed by atoms with Gasteiger partial charge in [-0.15, -0.1) is 0 Å². The standard InChI is InChI=1S/C19H23N3O7S/c1-12-6-7-14(22(24)25)10-16(12)20-19(23)13(2)21(30(5,26)27)17-11-15(28-3)8-9-18(17)29-4/h6-11,13H,1-5H3,(H,20,23). The highest BCUT2D eigenvalue weighted by atomic mass is 32.2. The van der Waals surface area contributed by atoms with Gasteiger partial charge in [0.25, 0.3) is 5.69 Å². The number of nitro benzene ring substituents is 1. The molecule has 2 aromatic carbocycles. The highest BCUT2D eigenvalue weighted by Crippen LogP contribution is 2.35. The van der Waals surface area contributed by atoms with E-state index in [0.717, 1.165) is 10.6 Å². The van der Waals surface area contributed by atoms with Crippen LogP contribution in [0.3, 0.4) is 0 Å². The van der Waals surface area contributed by atoms with E-state index >= 15 is 0 Å². The number of nitro groups is 1. The zero-order valence-corrected chi connectivity index (χ0v) is 18.0. The molecule has 30 heavy (non-hydrogen) atoms. The number of hydrogen-bond donors (Lipinski definition) is 1. The molecule has 0 aromatic heterocycles. The van der Waals surface area contributed by atoms with Crippen LogP contribution >= 0.6 is 0 Å². The minimum atomic E-state index is -3.92. The van der Waals surface area contributed by atoms with Crippen molar-refractivity contribution in [1.29, 1.82) is 0 Å². The number of ether oxygens (including phenoxy) is 2. The van der Waals surface area contributed by atoms with Crippen molar-refractivity contribution in [2.45, 2.75) is 19.9 Å². The first kappa shape index (κ1) is 22.9. The van der Waals surface area contributed by atoms with E-state index in [1.165, 1.54) is 51.5 Å². The Labute approximate surface area is 174 Å². The third kappa shape index (κ3) is 4.98. The summed E-state index contributed by atoms with van der Waals surface area (Å²) in [5, 5.41) is 13.6. The highest BCUT2D eigenvalue weighted by Gasteiger charge is 2.32. The first-order valence-corrected chi connectivity index (χ1v) is 10.6. The van der Waals surface area contributed by atoms with Gasteiger partial charge in [-0.25, -0.2) is 8.42 Å².